The van der Waals surface area contributed by atoms with Gasteiger partial charge in [0.25, 0.3) is 5.56 Å². The number of aromatic amines is 1. The molecule has 36 heavy (non-hydrogen) atoms. The Morgan fingerprint density at radius 3 is 2.19 bits per heavy atom. The molecule has 5 rings (SSSR count). The predicted molar refractivity (Wildman–Crippen MR) is 137 cm³/mol. The molecule has 0 radical (unpaired) electrons. The summed E-state index contributed by atoms with van der Waals surface area (Å²) in [5.41, 5.74) is 5.71. The van der Waals surface area contributed by atoms with E-state index in [1.54, 1.807) is 19.2 Å². The van der Waals surface area contributed by atoms with Crippen LogP contribution in [0, 0.1) is 13.8 Å². The number of fused-ring (bicyclic) bond motifs is 2. The lowest BCUT2D eigenvalue weighted by Crippen LogP contribution is -2.33. The Bertz CT molecular complexity index is 1560. The first kappa shape index (κ1) is 23.4. The highest BCUT2D eigenvalue weighted by atomic mass is 16.5. The number of ether oxygens (including phenoxy) is 1. The summed E-state index contributed by atoms with van der Waals surface area (Å²) in [4.78, 5) is 40.4. The highest BCUT2D eigenvalue weighted by molar-refractivity contribution is 5.86. The molecule has 7 heteroatoms. The number of furan rings is 1. The van der Waals surface area contributed by atoms with Crippen LogP contribution in [0.3, 0.4) is 0 Å². The Balaban J connectivity index is 1.63. The van der Waals surface area contributed by atoms with Crippen LogP contribution in [0.15, 0.2) is 68.7 Å². The van der Waals surface area contributed by atoms with Crippen molar-refractivity contribution in [3.63, 3.8) is 0 Å². The lowest BCUT2D eigenvalue weighted by molar-refractivity contribution is 0.0488. The van der Waals surface area contributed by atoms with Gasteiger partial charge in [0.2, 0.25) is 5.76 Å². The molecule has 2 aromatic carbocycles. The third kappa shape index (κ3) is 4.35. The summed E-state index contributed by atoms with van der Waals surface area (Å²) in [7, 11) is 0. The average molecular weight is 483 g/mol. The number of carbonyl (C=O) groups is 1. The van der Waals surface area contributed by atoms with Crippen molar-refractivity contribution in [2.24, 2.45) is 0 Å². The molecule has 0 amide bonds. The number of H-pyrrole nitrogens is 1. The minimum atomic E-state index is -0.567. The fraction of sp³-hybridized carbons (Fsp3) is 0.207. The van der Waals surface area contributed by atoms with E-state index in [1.165, 1.54) is 10.6 Å². The highest BCUT2D eigenvalue weighted by Crippen LogP contribution is 2.38. The number of nitrogens with zero attached hydrogens (tertiary/aromatic N) is 1. The summed E-state index contributed by atoms with van der Waals surface area (Å²) in [6, 6.07) is 15.5. The third-order valence-electron chi connectivity index (χ3n) is 6.36. The van der Waals surface area contributed by atoms with E-state index in [2.05, 4.69) is 29.3 Å². The topological polar surface area (TPSA) is 94.3 Å². The number of aromatic nitrogens is 2. The summed E-state index contributed by atoms with van der Waals surface area (Å²) in [5, 5.41) is 0. The number of hydrogen-bond donors (Lipinski definition) is 1. The molecule has 4 aromatic rings. The standard InChI is InChI=1S/C29H26N2O5/c1-4-35-28(33)25-12-9-21(36-25)15-31-16-24(27(32)30-29(31)34)26-22-10-5-17(2)13-19(22)7-8-20-14-18(3)6-11-23(20)26/h5-14,16,26H,4,15H2,1-3H3,(H,30,32,34). The second kappa shape index (κ2) is 9.34. The Hall–Kier alpha value is -4.39. The summed E-state index contributed by atoms with van der Waals surface area (Å²) in [6.07, 6.45) is 5.74. The quantitative estimate of drug-likeness (QED) is 0.369. The minimum Gasteiger partial charge on any atom is -0.460 e. The Kier molecular flexibility index (Phi) is 6.06. The molecule has 0 atom stereocenters. The van der Waals surface area contributed by atoms with E-state index in [-0.39, 0.29) is 24.8 Å². The van der Waals surface area contributed by atoms with Crippen LogP contribution in [-0.2, 0) is 11.3 Å². The molecule has 2 aromatic heterocycles. The Morgan fingerprint density at radius 1 is 0.944 bits per heavy atom. The van der Waals surface area contributed by atoms with E-state index in [0.717, 1.165) is 33.4 Å². The molecule has 0 spiro atoms. The monoisotopic (exact) mass is 482 g/mol. The van der Waals surface area contributed by atoms with Crippen LogP contribution in [0.5, 0.6) is 0 Å². The predicted octanol–water partition coefficient (Wildman–Crippen LogP) is 4.64. The van der Waals surface area contributed by atoms with E-state index in [1.807, 2.05) is 38.1 Å². The molecule has 2 heterocycles. The van der Waals surface area contributed by atoms with Crippen molar-refractivity contribution in [1.82, 2.24) is 9.55 Å². The van der Waals surface area contributed by atoms with Crippen molar-refractivity contribution in [3.05, 3.63) is 126 Å². The van der Waals surface area contributed by atoms with Gasteiger partial charge in [-0.15, -0.1) is 0 Å². The lowest BCUT2D eigenvalue weighted by atomic mass is 9.82. The van der Waals surface area contributed by atoms with Gasteiger partial charge in [-0.25, -0.2) is 9.59 Å². The van der Waals surface area contributed by atoms with Crippen LogP contribution in [0.4, 0.5) is 0 Å². The molecule has 0 bridgehead atoms. The zero-order chi connectivity index (χ0) is 25.4. The molecule has 1 aliphatic carbocycles. The van der Waals surface area contributed by atoms with E-state index in [4.69, 9.17) is 9.15 Å². The summed E-state index contributed by atoms with van der Waals surface area (Å²) in [6.45, 7) is 6.06. The Morgan fingerprint density at radius 2 is 1.58 bits per heavy atom. The molecule has 0 aliphatic heterocycles. The number of benzene rings is 2. The number of hydrogen-bond acceptors (Lipinski definition) is 5. The van der Waals surface area contributed by atoms with Gasteiger partial charge in [0, 0.05) is 17.7 Å². The second-order valence-corrected chi connectivity index (χ2v) is 8.99. The zero-order valence-electron chi connectivity index (χ0n) is 20.3. The SMILES string of the molecule is CCOC(=O)c1ccc(Cn2cc(C3c4ccc(C)cc4C=Cc4cc(C)ccc43)c(=O)[nH]c2=O)o1. The number of rotatable bonds is 5. The van der Waals surface area contributed by atoms with Gasteiger partial charge in [0.1, 0.15) is 5.76 Å². The molecular weight excluding hydrogens is 456 g/mol. The van der Waals surface area contributed by atoms with Crippen molar-refractivity contribution in [2.45, 2.75) is 33.2 Å². The first-order valence-corrected chi connectivity index (χ1v) is 11.8. The van der Waals surface area contributed by atoms with Gasteiger partial charge < -0.3 is 9.15 Å². The number of carbonyl (C=O) groups excluding carboxylic acids is 1. The lowest BCUT2D eigenvalue weighted by Gasteiger charge is -2.21. The summed E-state index contributed by atoms with van der Waals surface area (Å²) in [5.74, 6) is -0.489. The van der Waals surface area contributed by atoms with Crippen molar-refractivity contribution in [2.75, 3.05) is 6.61 Å². The van der Waals surface area contributed by atoms with Gasteiger partial charge in [-0.2, -0.15) is 0 Å². The molecule has 7 nitrogen and oxygen atoms in total. The molecule has 182 valence electrons. The Labute approximate surface area is 207 Å². The minimum absolute atomic E-state index is 0.0501. The maximum atomic E-state index is 13.2. The van der Waals surface area contributed by atoms with Gasteiger partial charge >= 0.3 is 11.7 Å². The molecule has 0 saturated heterocycles. The number of aryl methyl sites for hydroxylation is 2. The number of esters is 1. The fourth-order valence-electron chi connectivity index (χ4n) is 4.68. The van der Waals surface area contributed by atoms with Crippen molar-refractivity contribution < 1.29 is 13.9 Å². The average Bonchev–Trinajstić information content (AvgIpc) is 3.25. The smallest absolute Gasteiger partial charge is 0.374 e. The first-order chi connectivity index (χ1) is 17.3. The van der Waals surface area contributed by atoms with Crippen LogP contribution in [0.1, 0.15) is 68.1 Å². The van der Waals surface area contributed by atoms with Crippen molar-refractivity contribution in [3.8, 4) is 0 Å². The highest BCUT2D eigenvalue weighted by Gasteiger charge is 2.27. The fourth-order valence-corrected chi connectivity index (χ4v) is 4.68. The van der Waals surface area contributed by atoms with Gasteiger partial charge in [-0.05, 0) is 55.2 Å². The largest absolute Gasteiger partial charge is 0.460 e. The normalized spacial score (nSPS) is 12.6. The van der Waals surface area contributed by atoms with Crippen LogP contribution in [0.25, 0.3) is 12.2 Å². The molecule has 1 aliphatic rings. The van der Waals surface area contributed by atoms with Crippen molar-refractivity contribution >= 4 is 18.1 Å². The zero-order valence-corrected chi connectivity index (χ0v) is 20.3. The van der Waals surface area contributed by atoms with Gasteiger partial charge in [0.15, 0.2) is 0 Å². The van der Waals surface area contributed by atoms with Crippen LogP contribution >= 0.6 is 0 Å². The number of nitrogens with one attached hydrogen (secondary N) is 1. The molecule has 0 saturated carbocycles. The van der Waals surface area contributed by atoms with Crippen molar-refractivity contribution in [1.29, 1.82) is 0 Å². The molecule has 0 unspecified atom stereocenters. The van der Waals surface area contributed by atoms with Gasteiger partial charge in [0.05, 0.1) is 13.2 Å². The maximum absolute atomic E-state index is 13.2. The second-order valence-electron chi connectivity index (χ2n) is 8.99. The summed E-state index contributed by atoms with van der Waals surface area (Å²) < 4.78 is 12.0. The van der Waals surface area contributed by atoms with Crippen LogP contribution in [-0.4, -0.2) is 22.1 Å². The first-order valence-electron chi connectivity index (χ1n) is 11.8. The molecule has 1 N–H and O–H groups in total. The van der Waals surface area contributed by atoms with Gasteiger partial charge in [-0.1, -0.05) is 59.7 Å². The van der Waals surface area contributed by atoms with Crippen LogP contribution < -0.4 is 11.2 Å². The van der Waals surface area contributed by atoms with Crippen LogP contribution in [0.2, 0.25) is 0 Å². The summed E-state index contributed by atoms with van der Waals surface area (Å²) >= 11 is 0. The van der Waals surface area contributed by atoms with E-state index < -0.39 is 17.2 Å². The molecule has 0 fully saturated rings. The van der Waals surface area contributed by atoms with Gasteiger partial charge in [-0.3, -0.25) is 14.3 Å². The maximum Gasteiger partial charge on any atom is 0.374 e. The van der Waals surface area contributed by atoms with E-state index >= 15 is 0 Å². The molecular formula is C29H26N2O5. The van der Waals surface area contributed by atoms with E-state index in [0.29, 0.717) is 11.3 Å². The van der Waals surface area contributed by atoms with E-state index in [9.17, 15) is 14.4 Å². The third-order valence-corrected chi connectivity index (χ3v) is 6.36.